The number of hydrogen-bond acceptors (Lipinski definition) is 4. The van der Waals surface area contributed by atoms with Gasteiger partial charge >= 0.3 is 0 Å². The first kappa shape index (κ1) is 10.1. The van der Waals surface area contributed by atoms with Crippen LogP contribution in [0.15, 0.2) is 6.20 Å². The molecule has 1 aromatic heterocycles. The van der Waals surface area contributed by atoms with E-state index in [2.05, 4.69) is 16.4 Å². The lowest BCUT2D eigenvalue weighted by Gasteiger charge is -2.05. The normalized spacial score (nSPS) is 16.8. The van der Waals surface area contributed by atoms with Crippen molar-refractivity contribution >= 4 is 17.2 Å². The van der Waals surface area contributed by atoms with Crippen molar-refractivity contribution < 1.29 is 4.79 Å². The van der Waals surface area contributed by atoms with E-state index < -0.39 is 5.41 Å². The average Bonchev–Trinajstić information content (AvgIpc) is 2.93. The second-order valence-electron chi connectivity index (χ2n) is 3.72. The Morgan fingerprint density at radius 2 is 2.53 bits per heavy atom. The molecule has 1 aromatic rings. The first-order chi connectivity index (χ1) is 7.16. The van der Waals surface area contributed by atoms with Crippen LogP contribution in [0.2, 0.25) is 0 Å². The zero-order valence-corrected chi connectivity index (χ0v) is 9.23. The highest BCUT2D eigenvalue weighted by Gasteiger charge is 2.50. The maximum atomic E-state index is 11.6. The smallest absolute Gasteiger partial charge is 0.240 e. The predicted octanol–water partition coefficient (Wildman–Crippen LogP) is 1.37. The molecule has 0 bridgehead atoms. The van der Waals surface area contributed by atoms with Gasteiger partial charge in [-0.2, -0.15) is 5.26 Å². The Morgan fingerprint density at radius 3 is 3.00 bits per heavy atom. The molecule has 0 unspecified atom stereocenters. The molecule has 0 atom stereocenters. The third-order valence-electron chi connectivity index (χ3n) is 2.49. The third-order valence-corrected chi connectivity index (χ3v) is 3.40. The summed E-state index contributed by atoms with van der Waals surface area (Å²) in [5.74, 6) is -0.143. The highest BCUT2D eigenvalue weighted by atomic mass is 32.1. The van der Waals surface area contributed by atoms with Crippen LogP contribution in [0, 0.1) is 23.7 Å². The van der Waals surface area contributed by atoms with Crippen LogP contribution in [0.5, 0.6) is 0 Å². The summed E-state index contributed by atoms with van der Waals surface area (Å²) in [4.78, 5) is 16.7. The van der Waals surface area contributed by atoms with Crippen molar-refractivity contribution in [1.82, 2.24) is 10.3 Å². The van der Waals surface area contributed by atoms with E-state index in [1.54, 1.807) is 17.5 Å². The van der Waals surface area contributed by atoms with Crippen molar-refractivity contribution in [2.45, 2.75) is 26.3 Å². The van der Waals surface area contributed by atoms with Gasteiger partial charge < -0.3 is 5.32 Å². The molecule has 1 heterocycles. The summed E-state index contributed by atoms with van der Waals surface area (Å²) >= 11 is 1.56. The number of nitriles is 1. The predicted molar refractivity (Wildman–Crippen MR) is 56.0 cm³/mol. The topological polar surface area (TPSA) is 65.8 Å². The Balaban J connectivity index is 1.89. The summed E-state index contributed by atoms with van der Waals surface area (Å²) in [6.45, 7) is 2.40. The second kappa shape index (κ2) is 3.63. The van der Waals surface area contributed by atoms with Crippen LogP contribution in [-0.2, 0) is 11.3 Å². The SMILES string of the molecule is Cc1ncc(CNC(=O)C2(C#N)CC2)s1. The van der Waals surface area contributed by atoms with Crippen molar-refractivity contribution in [3.63, 3.8) is 0 Å². The molecule has 0 spiro atoms. The number of nitrogens with one attached hydrogen (secondary N) is 1. The molecule has 0 aromatic carbocycles. The van der Waals surface area contributed by atoms with Crippen molar-refractivity contribution in [2.75, 3.05) is 0 Å². The van der Waals surface area contributed by atoms with Gasteiger partial charge in [0.2, 0.25) is 5.91 Å². The lowest BCUT2D eigenvalue weighted by Crippen LogP contribution is -2.30. The lowest BCUT2D eigenvalue weighted by molar-refractivity contribution is -0.124. The van der Waals surface area contributed by atoms with Gasteiger partial charge in [0.1, 0.15) is 5.41 Å². The number of amides is 1. The number of nitrogens with zero attached hydrogens (tertiary/aromatic N) is 2. The van der Waals surface area contributed by atoms with Gasteiger partial charge in [-0.1, -0.05) is 0 Å². The Kier molecular flexibility index (Phi) is 2.45. The van der Waals surface area contributed by atoms with E-state index in [0.717, 1.165) is 9.88 Å². The third kappa shape index (κ3) is 2.00. The maximum absolute atomic E-state index is 11.6. The van der Waals surface area contributed by atoms with Gasteiger partial charge in [0.25, 0.3) is 0 Å². The number of carbonyl (C=O) groups is 1. The molecule has 15 heavy (non-hydrogen) atoms. The summed E-state index contributed by atoms with van der Waals surface area (Å²) in [6.07, 6.45) is 3.14. The van der Waals surface area contributed by atoms with Gasteiger partial charge in [0.05, 0.1) is 17.6 Å². The Labute approximate surface area is 91.9 Å². The molecule has 1 amide bonds. The summed E-state index contributed by atoms with van der Waals surface area (Å²) in [5, 5.41) is 12.6. The fourth-order valence-corrected chi connectivity index (χ4v) is 2.07. The summed E-state index contributed by atoms with van der Waals surface area (Å²) in [5.41, 5.74) is -0.722. The van der Waals surface area contributed by atoms with Gasteiger partial charge in [0, 0.05) is 11.1 Å². The number of carbonyl (C=O) groups excluding carboxylic acids is 1. The van der Waals surface area contributed by atoms with Gasteiger partial charge in [-0.15, -0.1) is 11.3 Å². The fraction of sp³-hybridized carbons (Fsp3) is 0.500. The van der Waals surface area contributed by atoms with E-state index in [4.69, 9.17) is 5.26 Å². The number of hydrogen-bond donors (Lipinski definition) is 1. The summed E-state index contributed by atoms with van der Waals surface area (Å²) in [7, 11) is 0. The minimum atomic E-state index is -0.722. The molecular weight excluding hydrogens is 210 g/mol. The lowest BCUT2D eigenvalue weighted by atomic mass is 10.1. The van der Waals surface area contributed by atoms with Crippen LogP contribution < -0.4 is 5.32 Å². The van der Waals surface area contributed by atoms with E-state index in [-0.39, 0.29) is 5.91 Å². The molecule has 1 saturated carbocycles. The summed E-state index contributed by atoms with van der Waals surface area (Å²) in [6, 6.07) is 2.07. The first-order valence-corrected chi connectivity index (χ1v) is 5.59. The van der Waals surface area contributed by atoms with Crippen LogP contribution in [0.1, 0.15) is 22.7 Å². The molecule has 1 aliphatic carbocycles. The molecule has 78 valence electrons. The van der Waals surface area contributed by atoms with Crippen LogP contribution in [0.3, 0.4) is 0 Å². The van der Waals surface area contributed by atoms with Crippen molar-refractivity contribution in [2.24, 2.45) is 5.41 Å². The van der Waals surface area contributed by atoms with Crippen LogP contribution >= 0.6 is 11.3 Å². The maximum Gasteiger partial charge on any atom is 0.240 e. The van der Waals surface area contributed by atoms with Gasteiger partial charge in [-0.25, -0.2) is 4.98 Å². The zero-order chi connectivity index (χ0) is 10.9. The second-order valence-corrected chi connectivity index (χ2v) is 5.04. The number of rotatable bonds is 3. The van der Waals surface area contributed by atoms with Crippen molar-refractivity contribution in [3.05, 3.63) is 16.1 Å². The quantitative estimate of drug-likeness (QED) is 0.838. The van der Waals surface area contributed by atoms with Gasteiger partial charge in [-0.3, -0.25) is 4.79 Å². The minimum Gasteiger partial charge on any atom is -0.350 e. The van der Waals surface area contributed by atoms with Crippen LogP contribution in [0.25, 0.3) is 0 Å². The number of thiazole rings is 1. The Morgan fingerprint density at radius 1 is 1.80 bits per heavy atom. The average molecular weight is 221 g/mol. The van der Waals surface area contributed by atoms with Gasteiger partial charge in [0.15, 0.2) is 0 Å². The van der Waals surface area contributed by atoms with Crippen LogP contribution in [0.4, 0.5) is 0 Å². The molecule has 1 N–H and O–H groups in total. The van der Waals surface area contributed by atoms with Gasteiger partial charge in [-0.05, 0) is 19.8 Å². The molecule has 1 fully saturated rings. The van der Waals surface area contributed by atoms with E-state index in [0.29, 0.717) is 19.4 Å². The van der Waals surface area contributed by atoms with E-state index in [1.807, 2.05) is 6.92 Å². The largest absolute Gasteiger partial charge is 0.350 e. The molecule has 0 radical (unpaired) electrons. The number of aromatic nitrogens is 1. The minimum absolute atomic E-state index is 0.143. The zero-order valence-electron chi connectivity index (χ0n) is 8.41. The van der Waals surface area contributed by atoms with Crippen LogP contribution in [-0.4, -0.2) is 10.9 Å². The molecule has 4 nitrogen and oxygen atoms in total. The first-order valence-electron chi connectivity index (χ1n) is 4.77. The Bertz CT molecular complexity index is 428. The van der Waals surface area contributed by atoms with Crippen molar-refractivity contribution in [1.29, 1.82) is 5.26 Å². The van der Waals surface area contributed by atoms with Crippen molar-refractivity contribution in [3.8, 4) is 6.07 Å². The molecular formula is C10H11N3OS. The van der Waals surface area contributed by atoms with E-state index in [1.165, 1.54) is 0 Å². The highest BCUT2D eigenvalue weighted by molar-refractivity contribution is 7.11. The number of aryl methyl sites for hydroxylation is 1. The molecule has 2 rings (SSSR count). The molecule has 0 saturated heterocycles. The standard InChI is InChI=1S/C10H11N3OS/c1-7-12-4-8(15-7)5-13-9(14)10(6-11)2-3-10/h4H,2-3,5H2,1H3,(H,13,14). The monoisotopic (exact) mass is 221 g/mol. The molecule has 5 heteroatoms. The van der Waals surface area contributed by atoms with E-state index >= 15 is 0 Å². The highest BCUT2D eigenvalue weighted by Crippen LogP contribution is 2.45. The molecule has 1 aliphatic rings. The molecule has 0 aliphatic heterocycles. The van der Waals surface area contributed by atoms with E-state index in [9.17, 15) is 4.79 Å². The fourth-order valence-electron chi connectivity index (χ4n) is 1.34. The summed E-state index contributed by atoms with van der Waals surface area (Å²) < 4.78 is 0. The Hall–Kier alpha value is -1.41.